The number of hydrogen-bond acceptors (Lipinski definition) is 6. The number of carbonyl (C=O) groups is 3. The molecule has 146 valence electrons. The van der Waals surface area contributed by atoms with E-state index in [9.17, 15) is 14.4 Å². The lowest BCUT2D eigenvalue weighted by molar-refractivity contribution is -0.134. The SMILES string of the molecule is CC(C)(C)OC(=O)NCC#Cc1ccc2occ(C3CCC(=O)NC3=O)c2n1. The number of aromatic nitrogens is 1. The average molecular weight is 383 g/mol. The number of nitrogens with one attached hydrogen (secondary N) is 2. The zero-order valence-electron chi connectivity index (χ0n) is 15.9. The second-order valence-corrected chi connectivity index (χ2v) is 7.40. The van der Waals surface area contributed by atoms with Crippen molar-refractivity contribution in [3.63, 3.8) is 0 Å². The highest BCUT2D eigenvalue weighted by Gasteiger charge is 2.31. The van der Waals surface area contributed by atoms with E-state index < -0.39 is 17.6 Å². The highest BCUT2D eigenvalue weighted by Crippen LogP contribution is 2.31. The first-order valence-corrected chi connectivity index (χ1v) is 8.90. The number of fused-ring (bicyclic) bond motifs is 1. The molecule has 1 aliphatic rings. The number of amides is 3. The third kappa shape index (κ3) is 4.68. The lowest BCUT2D eigenvalue weighted by atomic mass is 9.91. The van der Waals surface area contributed by atoms with Crippen LogP contribution in [0.25, 0.3) is 11.1 Å². The Morgan fingerprint density at radius 1 is 1.39 bits per heavy atom. The van der Waals surface area contributed by atoms with Gasteiger partial charge in [-0.2, -0.15) is 0 Å². The van der Waals surface area contributed by atoms with E-state index in [4.69, 9.17) is 9.15 Å². The molecule has 0 aliphatic carbocycles. The van der Waals surface area contributed by atoms with Crippen LogP contribution in [0.5, 0.6) is 0 Å². The summed E-state index contributed by atoms with van der Waals surface area (Å²) < 4.78 is 10.6. The lowest BCUT2D eigenvalue weighted by Gasteiger charge is -2.19. The van der Waals surface area contributed by atoms with Crippen molar-refractivity contribution >= 4 is 29.0 Å². The number of hydrogen-bond donors (Lipinski definition) is 2. The standard InChI is InChI=1S/C20H21N3O5/c1-20(2,3)28-19(26)21-10-4-5-12-6-8-15-17(22-12)14(11-27-15)13-7-9-16(24)23-18(13)25/h6,8,11,13H,7,9-10H2,1-3H3,(H,21,26)(H,23,24,25). The summed E-state index contributed by atoms with van der Waals surface area (Å²) in [5.74, 6) is 4.57. The first-order chi connectivity index (χ1) is 13.2. The molecule has 3 heterocycles. The van der Waals surface area contributed by atoms with Gasteiger partial charge in [0.1, 0.15) is 16.8 Å². The van der Waals surface area contributed by atoms with Crippen LogP contribution >= 0.6 is 0 Å². The largest absolute Gasteiger partial charge is 0.462 e. The van der Waals surface area contributed by atoms with E-state index in [-0.39, 0.29) is 24.8 Å². The molecule has 2 aromatic heterocycles. The minimum absolute atomic E-state index is 0.111. The molecule has 8 nitrogen and oxygen atoms in total. The second kappa shape index (κ2) is 7.72. The van der Waals surface area contributed by atoms with Crippen molar-refractivity contribution in [2.45, 2.75) is 45.1 Å². The zero-order valence-corrected chi connectivity index (χ0v) is 15.9. The quantitative estimate of drug-likeness (QED) is 0.608. The predicted molar refractivity (Wildman–Crippen MR) is 100 cm³/mol. The number of piperidine rings is 1. The molecule has 1 aliphatic heterocycles. The highest BCUT2D eigenvalue weighted by atomic mass is 16.6. The Bertz CT molecular complexity index is 991. The number of pyridine rings is 1. The van der Waals surface area contributed by atoms with Crippen LogP contribution in [0.3, 0.4) is 0 Å². The third-order valence-corrected chi connectivity index (χ3v) is 4.00. The van der Waals surface area contributed by atoms with Gasteiger partial charge in [0.2, 0.25) is 11.8 Å². The molecule has 0 radical (unpaired) electrons. The molecule has 0 bridgehead atoms. The van der Waals surface area contributed by atoms with Crippen LogP contribution in [0.2, 0.25) is 0 Å². The van der Waals surface area contributed by atoms with Crippen LogP contribution < -0.4 is 10.6 Å². The molecule has 3 rings (SSSR count). The lowest BCUT2D eigenvalue weighted by Crippen LogP contribution is -2.39. The first-order valence-electron chi connectivity index (χ1n) is 8.90. The molecule has 0 saturated carbocycles. The minimum atomic E-state index is -0.572. The van der Waals surface area contributed by atoms with Crippen molar-refractivity contribution in [3.8, 4) is 11.8 Å². The molecule has 0 aromatic carbocycles. The van der Waals surface area contributed by atoms with Gasteiger partial charge in [0, 0.05) is 12.0 Å². The zero-order chi connectivity index (χ0) is 20.3. The Balaban J connectivity index is 1.72. The summed E-state index contributed by atoms with van der Waals surface area (Å²) in [5.41, 5.74) is 1.63. The van der Waals surface area contributed by atoms with E-state index in [1.165, 1.54) is 6.26 Å². The van der Waals surface area contributed by atoms with Gasteiger partial charge in [-0.05, 0) is 45.2 Å². The number of carbonyl (C=O) groups excluding carboxylic acids is 3. The fourth-order valence-corrected chi connectivity index (χ4v) is 2.80. The molecule has 1 fully saturated rings. The van der Waals surface area contributed by atoms with Gasteiger partial charge in [0.15, 0.2) is 5.58 Å². The normalized spacial score (nSPS) is 16.9. The molecular weight excluding hydrogens is 362 g/mol. The van der Waals surface area contributed by atoms with E-state index in [1.807, 2.05) is 0 Å². The van der Waals surface area contributed by atoms with Crippen LogP contribution in [0.1, 0.15) is 50.8 Å². The molecule has 3 amide bonds. The van der Waals surface area contributed by atoms with Crippen LogP contribution in [-0.4, -0.2) is 35.0 Å². The van der Waals surface area contributed by atoms with Crippen LogP contribution in [0.15, 0.2) is 22.8 Å². The molecule has 1 atom stereocenters. The van der Waals surface area contributed by atoms with E-state index in [1.54, 1.807) is 32.9 Å². The molecule has 28 heavy (non-hydrogen) atoms. The summed E-state index contributed by atoms with van der Waals surface area (Å²) in [6, 6.07) is 3.42. The van der Waals surface area contributed by atoms with Crippen LogP contribution in [0.4, 0.5) is 4.79 Å². The maximum Gasteiger partial charge on any atom is 0.408 e. The summed E-state index contributed by atoms with van der Waals surface area (Å²) in [6.45, 7) is 5.45. The molecule has 1 saturated heterocycles. The highest BCUT2D eigenvalue weighted by molar-refractivity contribution is 6.02. The molecule has 2 N–H and O–H groups in total. The summed E-state index contributed by atoms with van der Waals surface area (Å²) in [5, 5.41) is 4.89. The van der Waals surface area contributed by atoms with Crippen molar-refractivity contribution in [2.75, 3.05) is 6.54 Å². The average Bonchev–Trinajstić information content (AvgIpc) is 3.00. The van der Waals surface area contributed by atoms with Gasteiger partial charge in [-0.1, -0.05) is 5.92 Å². The Morgan fingerprint density at radius 2 is 2.18 bits per heavy atom. The number of rotatable bonds is 2. The number of furan rings is 1. The fraction of sp³-hybridized carbons (Fsp3) is 0.400. The third-order valence-electron chi connectivity index (χ3n) is 4.00. The Labute approximate surface area is 162 Å². The first kappa shape index (κ1) is 19.4. The van der Waals surface area contributed by atoms with E-state index in [0.717, 1.165) is 0 Å². The smallest absolute Gasteiger partial charge is 0.408 e. The summed E-state index contributed by atoms with van der Waals surface area (Å²) in [6.07, 6.45) is 1.65. The Morgan fingerprint density at radius 3 is 2.89 bits per heavy atom. The van der Waals surface area contributed by atoms with Gasteiger partial charge >= 0.3 is 6.09 Å². The topological polar surface area (TPSA) is 111 Å². The van der Waals surface area contributed by atoms with Crippen molar-refractivity contribution in [1.29, 1.82) is 0 Å². The van der Waals surface area contributed by atoms with Crippen LogP contribution in [0, 0.1) is 11.8 Å². The second-order valence-electron chi connectivity index (χ2n) is 7.40. The van der Waals surface area contributed by atoms with Gasteiger partial charge in [0.25, 0.3) is 0 Å². The molecular formula is C20H21N3O5. The maximum atomic E-state index is 12.1. The van der Waals surface area contributed by atoms with Gasteiger partial charge in [-0.3, -0.25) is 14.9 Å². The number of alkyl carbamates (subject to hydrolysis) is 1. The van der Waals surface area contributed by atoms with Gasteiger partial charge in [0.05, 0.1) is 18.7 Å². The molecule has 2 aromatic rings. The van der Waals surface area contributed by atoms with E-state index >= 15 is 0 Å². The monoisotopic (exact) mass is 383 g/mol. The van der Waals surface area contributed by atoms with Crippen molar-refractivity contribution in [2.24, 2.45) is 0 Å². The molecule has 1 unspecified atom stereocenters. The van der Waals surface area contributed by atoms with Gasteiger partial charge in [-0.15, -0.1) is 0 Å². The predicted octanol–water partition coefficient (Wildman–Crippen LogP) is 2.22. The van der Waals surface area contributed by atoms with Gasteiger partial charge < -0.3 is 14.5 Å². The maximum absolute atomic E-state index is 12.1. The number of imide groups is 1. The fourth-order valence-electron chi connectivity index (χ4n) is 2.80. The van der Waals surface area contributed by atoms with Crippen LogP contribution in [-0.2, 0) is 14.3 Å². The van der Waals surface area contributed by atoms with Crippen molar-refractivity contribution < 1.29 is 23.5 Å². The van der Waals surface area contributed by atoms with E-state index in [0.29, 0.717) is 28.8 Å². The summed E-state index contributed by atoms with van der Waals surface area (Å²) in [4.78, 5) is 39.5. The molecule has 0 spiro atoms. The van der Waals surface area contributed by atoms with E-state index in [2.05, 4.69) is 27.5 Å². The van der Waals surface area contributed by atoms with Gasteiger partial charge in [-0.25, -0.2) is 9.78 Å². The minimum Gasteiger partial charge on any atom is -0.462 e. The number of ether oxygens (including phenoxy) is 1. The number of nitrogens with zero attached hydrogens (tertiary/aromatic N) is 1. The van der Waals surface area contributed by atoms with Crippen molar-refractivity contribution in [1.82, 2.24) is 15.6 Å². The molecule has 8 heteroatoms. The van der Waals surface area contributed by atoms with Crippen molar-refractivity contribution in [3.05, 3.63) is 29.7 Å². The Kier molecular flexibility index (Phi) is 5.36. The Hall–Kier alpha value is -3.34. The summed E-state index contributed by atoms with van der Waals surface area (Å²) in [7, 11) is 0. The summed E-state index contributed by atoms with van der Waals surface area (Å²) >= 11 is 0.